The molecule has 0 bridgehead atoms. The first-order valence-electron chi connectivity index (χ1n) is 5.14. The Bertz CT molecular complexity index is 687. The largest absolute Gasteiger partial charge is 0.397 e. The number of hydrogen-bond acceptors (Lipinski definition) is 5. The van der Waals surface area contributed by atoms with Crippen molar-refractivity contribution in [3.8, 4) is 6.07 Å². The van der Waals surface area contributed by atoms with Crippen molar-refractivity contribution >= 4 is 17.4 Å². The predicted molar refractivity (Wildman–Crippen MR) is 69.3 cm³/mol. The third-order valence-electron chi connectivity index (χ3n) is 2.24. The fourth-order valence-electron chi connectivity index (χ4n) is 1.43. The summed E-state index contributed by atoms with van der Waals surface area (Å²) in [6.45, 7) is 1.74. The summed E-state index contributed by atoms with van der Waals surface area (Å²) < 4.78 is 0. The van der Waals surface area contributed by atoms with Gasteiger partial charge in [0, 0.05) is 16.7 Å². The Morgan fingerprint density at radius 1 is 1.50 bits per heavy atom. The van der Waals surface area contributed by atoms with Crippen molar-refractivity contribution in [2.45, 2.75) is 17.0 Å². The number of hydrogen-bond donors (Lipinski definition) is 2. The lowest BCUT2D eigenvalue weighted by Crippen LogP contribution is -2.08. The van der Waals surface area contributed by atoms with Crippen molar-refractivity contribution in [3.05, 3.63) is 45.9 Å². The summed E-state index contributed by atoms with van der Waals surface area (Å²) in [5.41, 5.74) is 7.09. The van der Waals surface area contributed by atoms with Crippen LogP contribution in [0.2, 0.25) is 0 Å². The number of aryl methyl sites for hydroxylation is 1. The minimum atomic E-state index is -0.208. The SMILES string of the molecule is Cc1cc(=O)[nH]c(Sc2cccc(C#N)c2N)n1. The zero-order valence-corrected chi connectivity index (χ0v) is 10.4. The van der Waals surface area contributed by atoms with Crippen LogP contribution < -0.4 is 11.3 Å². The van der Waals surface area contributed by atoms with Gasteiger partial charge in [0.05, 0.1) is 11.3 Å². The number of para-hydroxylation sites is 1. The standard InChI is InChI=1S/C12H10N4OS/c1-7-5-10(17)16-12(15-7)18-9-4-2-3-8(6-13)11(9)14/h2-5H,14H2,1H3,(H,15,16,17). The summed E-state index contributed by atoms with van der Waals surface area (Å²) >= 11 is 1.23. The summed E-state index contributed by atoms with van der Waals surface area (Å²) in [4.78, 5) is 18.8. The molecular weight excluding hydrogens is 248 g/mol. The number of nitrogen functional groups attached to an aromatic ring is 1. The van der Waals surface area contributed by atoms with Crippen molar-refractivity contribution in [1.29, 1.82) is 5.26 Å². The van der Waals surface area contributed by atoms with E-state index in [4.69, 9.17) is 11.0 Å². The Kier molecular flexibility index (Phi) is 3.35. The van der Waals surface area contributed by atoms with Gasteiger partial charge >= 0.3 is 0 Å². The van der Waals surface area contributed by atoms with Gasteiger partial charge in [0.1, 0.15) is 6.07 Å². The summed E-state index contributed by atoms with van der Waals surface area (Å²) in [5, 5.41) is 9.34. The van der Waals surface area contributed by atoms with Gasteiger partial charge in [-0.1, -0.05) is 6.07 Å². The molecule has 1 aromatic carbocycles. The van der Waals surface area contributed by atoms with Gasteiger partial charge in [-0.05, 0) is 30.8 Å². The second-order valence-corrected chi connectivity index (χ2v) is 4.65. The fourth-order valence-corrected chi connectivity index (χ4v) is 2.35. The summed E-state index contributed by atoms with van der Waals surface area (Å²) in [6, 6.07) is 8.60. The number of nitrogens with one attached hydrogen (secondary N) is 1. The normalized spacial score (nSPS) is 10.0. The average Bonchev–Trinajstić information content (AvgIpc) is 2.30. The van der Waals surface area contributed by atoms with E-state index in [2.05, 4.69) is 9.97 Å². The van der Waals surface area contributed by atoms with Gasteiger partial charge in [-0.2, -0.15) is 5.26 Å². The lowest BCUT2D eigenvalue weighted by Gasteiger charge is -2.05. The third-order valence-corrected chi connectivity index (χ3v) is 3.20. The quantitative estimate of drug-likeness (QED) is 0.631. The first-order valence-corrected chi connectivity index (χ1v) is 5.96. The summed E-state index contributed by atoms with van der Waals surface area (Å²) in [5.74, 6) is 0. The van der Waals surface area contributed by atoms with Gasteiger partial charge < -0.3 is 10.7 Å². The van der Waals surface area contributed by atoms with Crippen LogP contribution in [0.25, 0.3) is 0 Å². The molecule has 18 heavy (non-hydrogen) atoms. The first-order chi connectivity index (χ1) is 8.60. The lowest BCUT2D eigenvalue weighted by atomic mass is 10.2. The highest BCUT2D eigenvalue weighted by atomic mass is 32.2. The Balaban J connectivity index is 2.40. The number of rotatable bonds is 2. The number of nitriles is 1. The van der Waals surface area contributed by atoms with Crippen LogP contribution in [-0.4, -0.2) is 9.97 Å². The molecule has 0 aliphatic rings. The minimum absolute atomic E-state index is 0.208. The minimum Gasteiger partial charge on any atom is -0.397 e. The Hall–Kier alpha value is -2.26. The number of anilines is 1. The van der Waals surface area contributed by atoms with Crippen LogP contribution in [-0.2, 0) is 0 Å². The van der Waals surface area contributed by atoms with Crippen molar-refractivity contribution in [2.24, 2.45) is 0 Å². The number of aromatic nitrogens is 2. The Morgan fingerprint density at radius 2 is 2.28 bits per heavy atom. The van der Waals surface area contributed by atoms with Gasteiger partial charge in [0.15, 0.2) is 5.16 Å². The van der Waals surface area contributed by atoms with Crippen molar-refractivity contribution < 1.29 is 0 Å². The van der Waals surface area contributed by atoms with Crippen LogP contribution in [0.3, 0.4) is 0 Å². The van der Waals surface area contributed by atoms with Gasteiger partial charge in [0.2, 0.25) is 0 Å². The third kappa shape index (κ3) is 2.52. The topological polar surface area (TPSA) is 95.6 Å². The van der Waals surface area contributed by atoms with E-state index in [1.807, 2.05) is 6.07 Å². The van der Waals surface area contributed by atoms with Crippen LogP contribution in [0.5, 0.6) is 0 Å². The molecule has 0 atom stereocenters. The molecule has 0 aliphatic carbocycles. The molecule has 1 heterocycles. The molecule has 0 saturated heterocycles. The second-order valence-electron chi connectivity index (χ2n) is 3.62. The van der Waals surface area contributed by atoms with E-state index in [9.17, 15) is 4.79 Å². The van der Waals surface area contributed by atoms with Gasteiger partial charge in [0.25, 0.3) is 5.56 Å². The molecule has 0 aliphatic heterocycles. The van der Waals surface area contributed by atoms with E-state index in [0.29, 0.717) is 27.0 Å². The number of nitrogens with zero attached hydrogens (tertiary/aromatic N) is 2. The Labute approximate surface area is 108 Å². The molecule has 1 aromatic heterocycles. The molecular formula is C12H10N4OS. The highest BCUT2D eigenvalue weighted by molar-refractivity contribution is 7.99. The van der Waals surface area contributed by atoms with Gasteiger partial charge in [-0.3, -0.25) is 4.79 Å². The number of nitrogens with two attached hydrogens (primary N) is 1. The smallest absolute Gasteiger partial charge is 0.251 e. The number of H-pyrrole nitrogens is 1. The highest BCUT2D eigenvalue weighted by Gasteiger charge is 2.08. The number of aromatic amines is 1. The van der Waals surface area contributed by atoms with Crippen molar-refractivity contribution in [1.82, 2.24) is 9.97 Å². The summed E-state index contributed by atoms with van der Waals surface area (Å²) in [6.07, 6.45) is 0. The van der Waals surface area contributed by atoms with Gasteiger partial charge in [-0.25, -0.2) is 4.98 Å². The molecule has 0 radical (unpaired) electrons. The molecule has 0 spiro atoms. The van der Waals surface area contributed by atoms with Crippen LogP contribution in [0.1, 0.15) is 11.3 Å². The molecule has 0 saturated carbocycles. The maximum atomic E-state index is 11.3. The summed E-state index contributed by atoms with van der Waals surface area (Å²) in [7, 11) is 0. The van der Waals surface area contributed by atoms with E-state index in [-0.39, 0.29) is 5.56 Å². The van der Waals surface area contributed by atoms with Crippen molar-refractivity contribution in [3.63, 3.8) is 0 Å². The maximum absolute atomic E-state index is 11.3. The van der Waals surface area contributed by atoms with Crippen molar-refractivity contribution in [2.75, 3.05) is 5.73 Å². The lowest BCUT2D eigenvalue weighted by molar-refractivity contribution is 0.905. The van der Waals surface area contributed by atoms with E-state index < -0.39 is 0 Å². The highest BCUT2D eigenvalue weighted by Crippen LogP contribution is 2.31. The number of benzene rings is 1. The molecule has 2 rings (SSSR count). The molecule has 5 nitrogen and oxygen atoms in total. The molecule has 6 heteroatoms. The zero-order chi connectivity index (χ0) is 13.1. The monoisotopic (exact) mass is 258 g/mol. The van der Waals surface area contributed by atoms with Crippen LogP contribution in [0, 0.1) is 18.3 Å². The predicted octanol–water partition coefficient (Wildman–Crippen LogP) is 1.68. The van der Waals surface area contributed by atoms with Crippen LogP contribution in [0.4, 0.5) is 5.69 Å². The zero-order valence-electron chi connectivity index (χ0n) is 9.60. The fraction of sp³-hybridized carbons (Fsp3) is 0.0833. The van der Waals surface area contributed by atoms with E-state index in [0.717, 1.165) is 0 Å². The van der Waals surface area contributed by atoms with E-state index in [1.54, 1.807) is 25.1 Å². The van der Waals surface area contributed by atoms with E-state index in [1.165, 1.54) is 17.8 Å². The van der Waals surface area contributed by atoms with Gasteiger partial charge in [-0.15, -0.1) is 0 Å². The van der Waals surface area contributed by atoms with Crippen LogP contribution in [0.15, 0.2) is 39.1 Å². The molecule has 0 amide bonds. The average molecular weight is 258 g/mol. The molecule has 2 aromatic rings. The first kappa shape index (κ1) is 12.2. The molecule has 0 unspecified atom stereocenters. The molecule has 3 N–H and O–H groups in total. The second kappa shape index (κ2) is 4.94. The van der Waals surface area contributed by atoms with Crippen LogP contribution >= 0.6 is 11.8 Å². The Morgan fingerprint density at radius 3 is 2.94 bits per heavy atom. The maximum Gasteiger partial charge on any atom is 0.251 e. The molecule has 0 fully saturated rings. The molecule has 90 valence electrons. The van der Waals surface area contributed by atoms with E-state index >= 15 is 0 Å².